The number of carbonyl (C=O) groups excluding carboxylic acids is 1. The smallest absolute Gasteiger partial charge is 0.258 e. The molecule has 1 N–H and O–H groups in total. The summed E-state index contributed by atoms with van der Waals surface area (Å²) in [6.45, 7) is 4.36. The molecule has 2 aromatic carbocycles. The number of aromatic amines is 1. The van der Waals surface area contributed by atoms with Crippen LogP contribution >= 0.6 is 0 Å². The molecule has 0 fully saturated rings. The van der Waals surface area contributed by atoms with Crippen molar-refractivity contribution in [2.45, 2.75) is 13.8 Å². The molecule has 0 bridgehead atoms. The predicted molar refractivity (Wildman–Crippen MR) is 95.5 cm³/mol. The first kappa shape index (κ1) is 16.8. The average Bonchev–Trinajstić information content (AvgIpc) is 3.11. The number of hydrogen-bond donors (Lipinski definition) is 1. The van der Waals surface area contributed by atoms with Gasteiger partial charge in [0.25, 0.3) is 5.91 Å². The van der Waals surface area contributed by atoms with E-state index in [4.69, 9.17) is 9.47 Å². The van der Waals surface area contributed by atoms with Crippen molar-refractivity contribution in [2.24, 2.45) is 0 Å². The Morgan fingerprint density at radius 1 is 1.12 bits per heavy atom. The van der Waals surface area contributed by atoms with Gasteiger partial charge < -0.3 is 14.4 Å². The molecule has 130 valence electrons. The fourth-order valence-corrected chi connectivity index (χ4v) is 2.84. The maximum absolute atomic E-state index is 13.0. The molecule has 0 saturated heterocycles. The Hall–Kier alpha value is -3.09. The van der Waals surface area contributed by atoms with Crippen LogP contribution in [0.4, 0.5) is 5.69 Å². The third kappa shape index (κ3) is 3.00. The Morgan fingerprint density at radius 3 is 2.56 bits per heavy atom. The minimum atomic E-state index is -0.109. The summed E-state index contributed by atoms with van der Waals surface area (Å²) < 4.78 is 10.6. The first-order valence-corrected chi connectivity index (χ1v) is 7.94. The van der Waals surface area contributed by atoms with Crippen LogP contribution in [-0.4, -0.2) is 42.1 Å². The number of amides is 1. The molecule has 7 heteroatoms. The molecule has 0 aliphatic heterocycles. The van der Waals surface area contributed by atoms with Gasteiger partial charge >= 0.3 is 0 Å². The number of carbonyl (C=O) groups is 1. The van der Waals surface area contributed by atoms with E-state index >= 15 is 0 Å². The van der Waals surface area contributed by atoms with Crippen molar-refractivity contribution in [3.05, 3.63) is 41.5 Å². The third-order valence-corrected chi connectivity index (χ3v) is 4.10. The standard InChI is InChI=1S/C18H20N4O3/c1-5-22(13-6-7-15(24-3)16(10-13)25-4)18(23)12-8-11(2)17-14(9-12)19-21-20-17/h6-10H,5H2,1-4H3,(H,19,20,21). The Balaban J connectivity index is 2.00. The summed E-state index contributed by atoms with van der Waals surface area (Å²) in [5.41, 5.74) is 3.65. The van der Waals surface area contributed by atoms with Crippen LogP contribution in [0, 0.1) is 6.92 Å². The molecule has 0 unspecified atom stereocenters. The van der Waals surface area contributed by atoms with Gasteiger partial charge in [-0.3, -0.25) is 4.79 Å². The van der Waals surface area contributed by atoms with Crippen molar-refractivity contribution in [2.75, 3.05) is 25.7 Å². The number of aromatic nitrogens is 3. The van der Waals surface area contributed by atoms with Gasteiger partial charge in [0.1, 0.15) is 11.0 Å². The Morgan fingerprint density at radius 2 is 1.88 bits per heavy atom. The number of benzene rings is 2. The number of aryl methyl sites for hydroxylation is 1. The number of fused-ring (bicyclic) bond motifs is 1. The molecule has 7 nitrogen and oxygen atoms in total. The molecular formula is C18H20N4O3. The molecule has 0 aliphatic rings. The quantitative estimate of drug-likeness (QED) is 0.772. The van der Waals surface area contributed by atoms with E-state index in [2.05, 4.69) is 15.4 Å². The average molecular weight is 340 g/mol. The fraction of sp³-hybridized carbons (Fsp3) is 0.278. The predicted octanol–water partition coefficient (Wildman–Crippen LogP) is 2.95. The normalized spacial score (nSPS) is 10.7. The highest BCUT2D eigenvalue weighted by atomic mass is 16.5. The van der Waals surface area contributed by atoms with Crippen LogP contribution in [0.3, 0.4) is 0 Å². The summed E-state index contributed by atoms with van der Waals surface area (Å²) in [7, 11) is 3.15. The van der Waals surface area contributed by atoms with Gasteiger partial charge in [0.15, 0.2) is 11.5 Å². The zero-order valence-corrected chi connectivity index (χ0v) is 14.7. The molecular weight excluding hydrogens is 320 g/mol. The van der Waals surface area contributed by atoms with Crippen molar-refractivity contribution in [1.82, 2.24) is 15.4 Å². The zero-order chi connectivity index (χ0) is 18.0. The first-order chi connectivity index (χ1) is 12.1. The number of nitrogens with zero attached hydrogens (tertiary/aromatic N) is 3. The van der Waals surface area contributed by atoms with Gasteiger partial charge in [0.05, 0.1) is 14.2 Å². The summed E-state index contributed by atoms with van der Waals surface area (Å²) in [6, 6.07) is 9.00. The first-order valence-electron chi connectivity index (χ1n) is 7.94. The van der Waals surface area contributed by atoms with Crippen molar-refractivity contribution in [1.29, 1.82) is 0 Å². The number of hydrogen-bond acceptors (Lipinski definition) is 5. The highest BCUT2D eigenvalue weighted by molar-refractivity contribution is 6.08. The highest BCUT2D eigenvalue weighted by Crippen LogP contribution is 2.32. The SMILES string of the molecule is CCN(C(=O)c1cc(C)c2n[nH]nc2c1)c1ccc(OC)c(OC)c1. The van der Waals surface area contributed by atoms with Crippen LogP contribution in [0.5, 0.6) is 11.5 Å². The number of rotatable bonds is 5. The zero-order valence-electron chi connectivity index (χ0n) is 14.7. The molecule has 3 aromatic rings. The Kier molecular flexibility index (Phi) is 4.56. The molecule has 0 spiro atoms. The lowest BCUT2D eigenvalue weighted by molar-refractivity contribution is 0.0988. The molecule has 0 atom stereocenters. The van der Waals surface area contributed by atoms with Crippen LogP contribution in [0.25, 0.3) is 11.0 Å². The van der Waals surface area contributed by atoms with Gasteiger partial charge in [-0.2, -0.15) is 15.4 Å². The van der Waals surface area contributed by atoms with E-state index < -0.39 is 0 Å². The van der Waals surface area contributed by atoms with Crippen molar-refractivity contribution >= 4 is 22.6 Å². The van der Waals surface area contributed by atoms with Crippen molar-refractivity contribution in [3.63, 3.8) is 0 Å². The molecule has 0 radical (unpaired) electrons. The maximum atomic E-state index is 13.0. The number of nitrogens with one attached hydrogen (secondary N) is 1. The fourth-order valence-electron chi connectivity index (χ4n) is 2.84. The van der Waals surface area contributed by atoms with E-state index in [0.717, 1.165) is 16.8 Å². The van der Waals surface area contributed by atoms with Gasteiger partial charge in [0, 0.05) is 23.9 Å². The van der Waals surface area contributed by atoms with E-state index in [1.165, 1.54) is 0 Å². The number of anilines is 1. The van der Waals surface area contributed by atoms with Crippen molar-refractivity contribution < 1.29 is 14.3 Å². The van der Waals surface area contributed by atoms with Gasteiger partial charge in [-0.15, -0.1) is 0 Å². The lowest BCUT2D eigenvalue weighted by Gasteiger charge is -2.22. The van der Waals surface area contributed by atoms with Crippen LogP contribution < -0.4 is 14.4 Å². The summed E-state index contributed by atoms with van der Waals surface area (Å²) in [5.74, 6) is 1.09. The second kappa shape index (κ2) is 6.80. The maximum Gasteiger partial charge on any atom is 0.258 e. The number of methoxy groups -OCH3 is 2. The second-order valence-electron chi connectivity index (χ2n) is 5.57. The number of ether oxygens (including phenoxy) is 2. The van der Waals surface area contributed by atoms with Gasteiger partial charge in [-0.05, 0) is 43.7 Å². The largest absolute Gasteiger partial charge is 0.493 e. The lowest BCUT2D eigenvalue weighted by atomic mass is 10.1. The van der Waals surface area contributed by atoms with Crippen LogP contribution in [0.2, 0.25) is 0 Å². The van der Waals surface area contributed by atoms with Gasteiger partial charge in [0.2, 0.25) is 0 Å². The number of H-pyrrole nitrogens is 1. The van der Waals surface area contributed by atoms with E-state index in [1.807, 2.05) is 26.0 Å². The molecule has 3 rings (SSSR count). The molecule has 0 aliphatic carbocycles. The monoisotopic (exact) mass is 340 g/mol. The minimum Gasteiger partial charge on any atom is -0.493 e. The topological polar surface area (TPSA) is 80.3 Å². The Bertz CT molecular complexity index is 920. The van der Waals surface area contributed by atoms with E-state index in [0.29, 0.717) is 29.1 Å². The Labute approximate surface area is 145 Å². The molecule has 1 aromatic heterocycles. The summed E-state index contributed by atoms with van der Waals surface area (Å²) in [4.78, 5) is 14.7. The van der Waals surface area contributed by atoms with E-state index in [9.17, 15) is 4.79 Å². The lowest BCUT2D eigenvalue weighted by Crippen LogP contribution is -2.30. The highest BCUT2D eigenvalue weighted by Gasteiger charge is 2.19. The van der Waals surface area contributed by atoms with Gasteiger partial charge in [-0.1, -0.05) is 0 Å². The van der Waals surface area contributed by atoms with E-state index in [-0.39, 0.29) is 5.91 Å². The van der Waals surface area contributed by atoms with Crippen LogP contribution in [0.15, 0.2) is 30.3 Å². The molecule has 25 heavy (non-hydrogen) atoms. The molecule has 1 amide bonds. The third-order valence-electron chi connectivity index (χ3n) is 4.10. The molecule has 1 heterocycles. The van der Waals surface area contributed by atoms with Crippen LogP contribution in [0.1, 0.15) is 22.8 Å². The summed E-state index contributed by atoms with van der Waals surface area (Å²) >= 11 is 0. The second-order valence-corrected chi connectivity index (χ2v) is 5.57. The molecule has 0 saturated carbocycles. The minimum absolute atomic E-state index is 0.109. The summed E-state index contributed by atoms with van der Waals surface area (Å²) in [5, 5.41) is 10.8. The summed E-state index contributed by atoms with van der Waals surface area (Å²) in [6.07, 6.45) is 0. The van der Waals surface area contributed by atoms with E-state index in [1.54, 1.807) is 37.3 Å². The van der Waals surface area contributed by atoms with Gasteiger partial charge in [-0.25, -0.2) is 0 Å². The van der Waals surface area contributed by atoms with Crippen LogP contribution in [-0.2, 0) is 0 Å². The van der Waals surface area contributed by atoms with Crippen molar-refractivity contribution in [3.8, 4) is 11.5 Å².